The Morgan fingerprint density at radius 3 is 2.63 bits per heavy atom. The molecule has 0 saturated heterocycles. The maximum Gasteiger partial charge on any atom is 0.302 e. The van der Waals surface area contributed by atoms with Gasteiger partial charge in [0.1, 0.15) is 6.10 Å². The van der Waals surface area contributed by atoms with E-state index in [1.807, 2.05) is 0 Å². The molecule has 0 aromatic carbocycles. The number of amides is 1. The molecule has 2 aliphatic carbocycles. The zero-order chi connectivity index (χ0) is 13.8. The fourth-order valence-electron chi connectivity index (χ4n) is 3.51. The van der Waals surface area contributed by atoms with Crippen molar-refractivity contribution >= 4 is 11.9 Å². The van der Waals surface area contributed by atoms with Crippen LogP contribution in [0.25, 0.3) is 0 Å². The highest BCUT2D eigenvalue weighted by Gasteiger charge is 2.54. The second-order valence-corrected chi connectivity index (χ2v) is 6.04. The zero-order valence-corrected chi connectivity index (χ0v) is 12.0. The maximum atomic E-state index is 11.1. The summed E-state index contributed by atoms with van der Waals surface area (Å²) in [4.78, 5) is 21.8. The van der Waals surface area contributed by atoms with Gasteiger partial charge in [-0.15, -0.1) is 0 Å². The van der Waals surface area contributed by atoms with Crippen molar-refractivity contribution in [1.29, 1.82) is 0 Å². The third kappa shape index (κ3) is 4.22. The third-order valence-corrected chi connectivity index (χ3v) is 4.45. The molecule has 19 heavy (non-hydrogen) atoms. The first-order valence-corrected chi connectivity index (χ1v) is 7.49. The number of carbonyl (C=O) groups is 2. The van der Waals surface area contributed by atoms with E-state index in [4.69, 9.17) is 4.74 Å². The molecule has 108 valence electrons. The summed E-state index contributed by atoms with van der Waals surface area (Å²) in [5.41, 5.74) is 0. The molecular weight excluding hydrogens is 242 g/mol. The number of unbranched alkanes of at least 4 members (excludes halogenated alkanes) is 2. The molecule has 0 radical (unpaired) electrons. The SMILES string of the molecule is CC(=O)NCCCCCC1C(OC(C)=O)CC2CC21. The average molecular weight is 267 g/mol. The highest BCUT2D eigenvalue weighted by atomic mass is 16.5. The summed E-state index contributed by atoms with van der Waals surface area (Å²) >= 11 is 0. The highest BCUT2D eigenvalue weighted by molar-refractivity contribution is 5.72. The van der Waals surface area contributed by atoms with E-state index < -0.39 is 0 Å². The molecule has 0 aliphatic heterocycles. The summed E-state index contributed by atoms with van der Waals surface area (Å²) in [7, 11) is 0. The normalized spacial score (nSPS) is 31.7. The minimum atomic E-state index is -0.137. The Morgan fingerprint density at radius 1 is 1.16 bits per heavy atom. The summed E-state index contributed by atoms with van der Waals surface area (Å²) < 4.78 is 5.44. The second-order valence-electron chi connectivity index (χ2n) is 6.04. The van der Waals surface area contributed by atoms with Gasteiger partial charge in [0.05, 0.1) is 0 Å². The van der Waals surface area contributed by atoms with Crippen LogP contribution in [0.1, 0.15) is 52.4 Å². The molecular formula is C15H25NO3. The van der Waals surface area contributed by atoms with Gasteiger partial charge < -0.3 is 10.1 Å². The molecule has 4 atom stereocenters. The minimum Gasteiger partial charge on any atom is -0.462 e. The van der Waals surface area contributed by atoms with Crippen LogP contribution in [0.3, 0.4) is 0 Å². The lowest BCUT2D eigenvalue weighted by Crippen LogP contribution is -2.24. The smallest absolute Gasteiger partial charge is 0.302 e. The first kappa shape index (κ1) is 14.4. The zero-order valence-electron chi connectivity index (χ0n) is 12.0. The van der Waals surface area contributed by atoms with Gasteiger partial charge in [-0.3, -0.25) is 9.59 Å². The molecule has 0 bridgehead atoms. The number of hydrogen-bond donors (Lipinski definition) is 1. The van der Waals surface area contributed by atoms with Crippen LogP contribution in [0.15, 0.2) is 0 Å². The molecule has 0 aromatic heterocycles. The molecule has 1 amide bonds. The Balaban J connectivity index is 1.61. The van der Waals surface area contributed by atoms with Gasteiger partial charge >= 0.3 is 5.97 Å². The lowest BCUT2D eigenvalue weighted by Gasteiger charge is -2.22. The predicted molar refractivity (Wildman–Crippen MR) is 72.4 cm³/mol. The highest BCUT2D eigenvalue weighted by Crippen LogP contribution is 2.57. The summed E-state index contributed by atoms with van der Waals surface area (Å²) in [6, 6.07) is 0. The van der Waals surface area contributed by atoms with E-state index >= 15 is 0 Å². The summed E-state index contributed by atoms with van der Waals surface area (Å²) in [6.45, 7) is 3.84. The first-order chi connectivity index (χ1) is 9.08. The van der Waals surface area contributed by atoms with Crippen LogP contribution < -0.4 is 5.32 Å². The van der Waals surface area contributed by atoms with Crippen molar-refractivity contribution in [2.24, 2.45) is 17.8 Å². The van der Waals surface area contributed by atoms with Crippen molar-refractivity contribution in [3.05, 3.63) is 0 Å². The molecule has 2 fully saturated rings. The van der Waals surface area contributed by atoms with E-state index in [1.54, 1.807) is 6.92 Å². The summed E-state index contributed by atoms with van der Waals surface area (Å²) in [5, 5.41) is 2.82. The number of fused-ring (bicyclic) bond motifs is 1. The number of hydrogen-bond acceptors (Lipinski definition) is 3. The lowest BCUT2D eigenvalue weighted by atomic mass is 9.93. The van der Waals surface area contributed by atoms with Crippen LogP contribution in [-0.2, 0) is 14.3 Å². The van der Waals surface area contributed by atoms with Gasteiger partial charge in [0.2, 0.25) is 5.91 Å². The van der Waals surface area contributed by atoms with Gasteiger partial charge in [0, 0.05) is 20.4 Å². The minimum absolute atomic E-state index is 0.0477. The third-order valence-electron chi connectivity index (χ3n) is 4.45. The molecule has 4 unspecified atom stereocenters. The molecule has 0 heterocycles. The average Bonchev–Trinajstić information content (AvgIpc) is 2.99. The van der Waals surface area contributed by atoms with Crippen LogP contribution in [-0.4, -0.2) is 24.5 Å². The Hall–Kier alpha value is -1.06. The van der Waals surface area contributed by atoms with Crippen molar-refractivity contribution in [2.75, 3.05) is 6.54 Å². The molecule has 2 rings (SSSR count). The van der Waals surface area contributed by atoms with Crippen molar-refractivity contribution < 1.29 is 14.3 Å². The van der Waals surface area contributed by atoms with Gasteiger partial charge in [0.15, 0.2) is 0 Å². The number of esters is 1. The van der Waals surface area contributed by atoms with Crippen molar-refractivity contribution in [3.63, 3.8) is 0 Å². The van der Waals surface area contributed by atoms with Gasteiger partial charge in [-0.2, -0.15) is 0 Å². The van der Waals surface area contributed by atoms with Crippen molar-refractivity contribution in [2.45, 2.75) is 58.5 Å². The van der Waals surface area contributed by atoms with Crippen LogP contribution in [0.4, 0.5) is 0 Å². The first-order valence-electron chi connectivity index (χ1n) is 7.49. The van der Waals surface area contributed by atoms with Gasteiger partial charge in [-0.25, -0.2) is 0 Å². The Labute approximate surface area is 115 Å². The number of carbonyl (C=O) groups excluding carboxylic acids is 2. The largest absolute Gasteiger partial charge is 0.462 e. The Kier molecular flexibility index (Phi) is 4.83. The molecule has 4 heteroatoms. The summed E-state index contributed by atoms with van der Waals surface area (Å²) in [6.07, 6.45) is 7.12. The number of rotatable bonds is 7. The molecule has 0 spiro atoms. The number of nitrogens with one attached hydrogen (secondary N) is 1. The predicted octanol–water partition coefficient (Wildman–Crippen LogP) is 2.27. The molecule has 2 saturated carbocycles. The van der Waals surface area contributed by atoms with Crippen LogP contribution in [0, 0.1) is 17.8 Å². The molecule has 0 aromatic rings. The maximum absolute atomic E-state index is 11.1. The van der Waals surface area contributed by atoms with Crippen LogP contribution >= 0.6 is 0 Å². The Morgan fingerprint density at radius 2 is 1.95 bits per heavy atom. The van der Waals surface area contributed by atoms with Crippen molar-refractivity contribution in [3.8, 4) is 0 Å². The fourth-order valence-corrected chi connectivity index (χ4v) is 3.51. The van der Waals surface area contributed by atoms with E-state index in [9.17, 15) is 9.59 Å². The van der Waals surface area contributed by atoms with Crippen LogP contribution in [0.5, 0.6) is 0 Å². The van der Waals surface area contributed by atoms with Crippen LogP contribution in [0.2, 0.25) is 0 Å². The van der Waals surface area contributed by atoms with Crippen molar-refractivity contribution in [1.82, 2.24) is 5.32 Å². The van der Waals surface area contributed by atoms with Gasteiger partial charge in [-0.05, 0) is 43.4 Å². The number of ether oxygens (including phenoxy) is 1. The topological polar surface area (TPSA) is 55.4 Å². The van der Waals surface area contributed by atoms with E-state index in [0.717, 1.165) is 37.6 Å². The molecule has 1 N–H and O–H groups in total. The monoisotopic (exact) mass is 267 g/mol. The van der Waals surface area contributed by atoms with Gasteiger partial charge in [0.25, 0.3) is 0 Å². The fraction of sp³-hybridized carbons (Fsp3) is 0.867. The van der Waals surface area contributed by atoms with Gasteiger partial charge in [-0.1, -0.05) is 12.8 Å². The molecule has 2 aliphatic rings. The summed E-state index contributed by atoms with van der Waals surface area (Å²) in [5.74, 6) is 2.15. The Bertz CT molecular complexity index is 342. The molecule has 4 nitrogen and oxygen atoms in total. The second kappa shape index (κ2) is 6.40. The van der Waals surface area contributed by atoms with E-state index in [1.165, 1.54) is 26.2 Å². The van der Waals surface area contributed by atoms with E-state index in [-0.39, 0.29) is 18.0 Å². The lowest BCUT2D eigenvalue weighted by molar-refractivity contribution is -0.148. The van der Waals surface area contributed by atoms with E-state index in [0.29, 0.717) is 5.92 Å². The quantitative estimate of drug-likeness (QED) is 0.568. The standard InChI is InChI=1S/C15H25NO3/c1-10(17)16-7-5-3-4-6-13-14-8-12(14)9-15(13)19-11(2)18/h12-15H,3-9H2,1-2H3,(H,16,17). The van der Waals surface area contributed by atoms with E-state index in [2.05, 4.69) is 5.32 Å².